The second-order valence-electron chi connectivity index (χ2n) is 7.38. The number of hydrogen-bond acceptors (Lipinski definition) is 6. The number of halogens is 3. The molecular formula is C22H15F3N6O. The van der Waals surface area contributed by atoms with E-state index in [0.29, 0.717) is 40.9 Å². The number of carbonyl (C=O) groups is 1. The maximum Gasteiger partial charge on any atom is 0.416 e. The maximum atomic E-state index is 13.5. The Morgan fingerprint density at radius 3 is 2.66 bits per heavy atom. The van der Waals surface area contributed by atoms with E-state index in [9.17, 15) is 18.0 Å². The Morgan fingerprint density at radius 1 is 1.00 bits per heavy atom. The van der Waals surface area contributed by atoms with Gasteiger partial charge in [0.2, 0.25) is 5.82 Å². The third-order valence-electron chi connectivity index (χ3n) is 5.21. The van der Waals surface area contributed by atoms with Crippen LogP contribution in [0.2, 0.25) is 0 Å². The molecule has 10 heteroatoms. The number of fused-ring (bicyclic) bond motifs is 1. The van der Waals surface area contributed by atoms with Gasteiger partial charge in [-0.1, -0.05) is 6.07 Å². The van der Waals surface area contributed by atoms with Crippen LogP contribution in [0.4, 0.5) is 13.2 Å². The van der Waals surface area contributed by atoms with Gasteiger partial charge in [0.15, 0.2) is 5.78 Å². The number of carbonyl (C=O) groups excluding carboxylic acids is 1. The van der Waals surface area contributed by atoms with Crippen molar-refractivity contribution in [3.8, 4) is 28.3 Å². The normalized spacial score (nSPS) is 13.8. The van der Waals surface area contributed by atoms with E-state index in [4.69, 9.17) is 0 Å². The molecule has 3 aromatic heterocycles. The first-order chi connectivity index (χ1) is 15.4. The second kappa shape index (κ2) is 7.63. The number of alkyl halides is 3. The van der Waals surface area contributed by atoms with Gasteiger partial charge in [0.1, 0.15) is 5.69 Å². The Morgan fingerprint density at radius 2 is 1.88 bits per heavy atom. The van der Waals surface area contributed by atoms with Gasteiger partial charge in [-0.2, -0.15) is 13.2 Å². The minimum Gasteiger partial charge on any atom is -0.294 e. The lowest BCUT2D eigenvalue weighted by Gasteiger charge is -2.13. The van der Waals surface area contributed by atoms with Crippen LogP contribution in [0.1, 0.15) is 34.5 Å². The highest BCUT2D eigenvalue weighted by molar-refractivity contribution is 5.98. The lowest BCUT2D eigenvalue weighted by atomic mass is 9.94. The SMILES string of the molecule is O=C1CCCc2nc(-c3nnn(-c4cc(-c5cccnc5)cc(C(F)(F)F)c4)n3)ccc21. The van der Waals surface area contributed by atoms with Gasteiger partial charge in [-0.3, -0.25) is 9.78 Å². The highest BCUT2D eigenvalue weighted by atomic mass is 19.4. The average molecular weight is 436 g/mol. The van der Waals surface area contributed by atoms with Gasteiger partial charge in [-0.15, -0.1) is 15.0 Å². The van der Waals surface area contributed by atoms with E-state index >= 15 is 0 Å². The van der Waals surface area contributed by atoms with Gasteiger partial charge >= 0.3 is 6.18 Å². The summed E-state index contributed by atoms with van der Waals surface area (Å²) in [5.41, 5.74) is 1.79. The zero-order valence-corrected chi connectivity index (χ0v) is 16.5. The van der Waals surface area contributed by atoms with E-state index in [1.54, 1.807) is 30.5 Å². The molecule has 1 aliphatic carbocycles. The standard InChI is InChI=1S/C22H15F3N6O/c23-22(24,25)15-9-14(13-3-2-8-26-12-13)10-16(11-15)31-29-21(28-30-31)19-7-6-17-18(27-19)4-1-5-20(17)32/h2-3,6-12H,1,4-5H2. The van der Waals surface area contributed by atoms with Gasteiger partial charge in [0.25, 0.3) is 0 Å². The first-order valence-corrected chi connectivity index (χ1v) is 9.85. The van der Waals surface area contributed by atoms with Crippen LogP contribution in [0.25, 0.3) is 28.3 Å². The molecule has 0 amide bonds. The summed E-state index contributed by atoms with van der Waals surface area (Å²) >= 11 is 0. The molecule has 1 aromatic carbocycles. The molecule has 0 atom stereocenters. The van der Waals surface area contributed by atoms with Gasteiger partial charge < -0.3 is 0 Å². The number of nitrogens with zero attached hydrogens (tertiary/aromatic N) is 6. The van der Waals surface area contributed by atoms with Crippen molar-refractivity contribution in [1.29, 1.82) is 0 Å². The highest BCUT2D eigenvalue weighted by Gasteiger charge is 2.32. The largest absolute Gasteiger partial charge is 0.416 e. The number of aromatic nitrogens is 6. The molecule has 0 radical (unpaired) electrons. The molecule has 0 N–H and O–H groups in total. The molecule has 0 saturated heterocycles. The lowest BCUT2D eigenvalue weighted by molar-refractivity contribution is -0.137. The zero-order valence-electron chi connectivity index (χ0n) is 16.5. The fourth-order valence-electron chi connectivity index (χ4n) is 3.64. The number of tetrazole rings is 1. The van der Waals surface area contributed by atoms with Crippen molar-refractivity contribution in [2.45, 2.75) is 25.4 Å². The summed E-state index contributed by atoms with van der Waals surface area (Å²) in [6.45, 7) is 0. The molecule has 3 heterocycles. The molecular weight excluding hydrogens is 421 g/mol. The van der Waals surface area contributed by atoms with Crippen LogP contribution >= 0.6 is 0 Å². The molecule has 0 bridgehead atoms. The predicted molar refractivity (Wildman–Crippen MR) is 108 cm³/mol. The van der Waals surface area contributed by atoms with Crippen LogP contribution in [0.15, 0.2) is 54.9 Å². The highest BCUT2D eigenvalue weighted by Crippen LogP contribution is 2.34. The number of pyridine rings is 2. The number of rotatable bonds is 3. The minimum atomic E-state index is -4.55. The molecule has 0 fully saturated rings. The van der Waals surface area contributed by atoms with E-state index in [1.807, 2.05) is 0 Å². The van der Waals surface area contributed by atoms with Crippen LogP contribution in [0.5, 0.6) is 0 Å². The van der Waals surface area contributed by atoms with Crippen LogP contribution in [-0.2, 0) is 12.6 Å². The van der Waals surface area contributed by atoms with Gasteiger partial charge in [0.05, 0.1) is 16.9 Å². The van der Waals surface area contributed by atoms with Crippen molar-refractivity contribution >= 4 is 5.78 Å². The quantitative estimate of drug-likeness (QED) is 0.475. The number of Topliss-reactive ketones (excluding diaryl/α,β-unsaturated/α-hetero) is 1. The summed E-state index contributed by atoms with van der Waals surface area (Å²) in [5, 5.41) is 12.1. The first kappa shape index (κ1) is 20.0. The summed E-state index contributed by atoms with van der Waals surface area (Å²) in [4.78, 5) is 21.5. The Bertz CT molecular complexity index is 1320. The summed E-state index contributed by atoms with van der Waals surface area (Å²) < 4.78 is 40.6. The van der Waals surface area contributed by atoms with Gasteiger partial charge in [0, 0.05) is 29.9 Å². The smallest absolute Gasteiger partial charge is 0.294 e. The van der Waals surface area contributed by atoms with Gasteiger partial charge in [-0.05, 0) is 60.0 Å². The first-order valence-electron chi connectivity index (χ1n) is 9.85. The fourth-order valence-corrected chi connectivity index (χ4v) is 3.64. The Hall–Kier alpha value is -3.95. The molecule has 0 unspecified atom stereocenters. The van der Waals surface area contributed by atoms with Crippen molar-refractivity contribution < 1.29 is 18.0 Å². The minimum absolute atomic E-state index is 0.0498. The molecule has 0 spiro atoms. The molecule has 7 nitrogen and oxygen atoms in total. The molecule has 5 rings (SSSR count). The topological polar surface area (TPSA) is 86.5 Å². The average Bonchev–Trinajstić information content (AvgIpc) is 3.29. The molecule has 160 valence electrons. The van der Waals surface area contributed by atoms with E-state index in [-0.39, 0.29) is 17.3 Å². The van der Waals surface area contributed by atoms with Crippen molar-refractivity contribution in [3.63, 3.8) is 0 Å². The number of benzene rings is 1. The fraction of sp³-hybridized carbons (Fsp3) is 0.182. The predicted octanol–water partition coefficient (Wildman–Crippen LogP) is 4.32. The number of aryl methyl sites for hydroxylation is 1. The van der Waals surface area contributed by atoms with Crippen molar-refractivity contribution in [3.05, 3.63) is 71.7 Å². The molecule has 32 heavy (non-hydrogen) atoms. The Labute approximate surface area is 180 Å². The number of hydrogen-bond donors (Lipinski definition) is 0. The Balaban J connectivity index is 1.56. The van der Waals surface area contributed by atoms with Crippen LogP contribution in [0.3, 0.4) is 0 Å². The monoisotopic (exact) mass is 436 g/mol. The number of ketones is 1. The van der Waals surface area contributed by atoms with E-state index in [1.165, 1.54) is 12.3 Å². The third kappa shape index (κ3) is 3.75. The summed E-state index contributed by atoms with van der Waals surface area (Å²) in [7, 11) is 0. The van der Waals surface area contributed by atoms with E-state index < -0.39 is 11.7 Å². The maximum absolute atomic E-state index is 13.5. The van der Waals surface area contributed by atoms with Gasteiger partial charge in [-0.25, -0.2) is 4.98 Å². The molecule has 1 aliphatic rings. The van der Waals surface area contributed by atoms with Crippen molar-refractivity contribution in [2.75, 3.05) is 0 Å². The van der Waals surface area contributed by atoms with Crippen LogP contribution in [-0.4, -0.2) is 36.0 Å². The summed E-state index contributed by atoms with van der Waals surface area (Å²) in [6.07, 6.45) is 0.370. The van der Waals surface area contributed by atoms with Crippen LogP contribution < -0.4 is 0 Å². The summed E-state index contributed by atoms with van der Waals surface area (Å²) in [5.74, 6) is 0.208. The third-order valence-corrected chi connectivity index (χ3v) is 5.21. The van der Waals surface area contributed by atoms with E-state index in [0.717, 1.165) is 23.4 Å². The van der Waals surface area contributed by atoms with Crippen molar-refractivity contribution in [2.24, 2.45) is 0 Å². The Kier molecular flexibility index (Phi) is 4.76. The molecule has 0 aliphatic heterocycles. The zero-order chi connectivity index (χ0) is 22.3. The second-order valence-corrected chi connectivity index (χ2v) is 7.38. The molecule has 0 saturated carbocycles. The lowest BCUT2D eigenvalue weighted by Crippen LogP contribution is -2.12. The van der Waals surface area contributed by atoms with Crippen LogP contribution in [0, 0.1) is 0 Å². The van der Waals surface area contributed by atoms with E-state index in [2.05, 4.69) is 25.4 Å². The van der Waals surface area contributed by atoms with Crippen molar-refractivity contribution in [1.82, 2.24) is 30.2 Å². The summed E-state index contributed by atoms with van der Waals surface area (Å²) in [6, 6.07) is 10.2. The molecule has 4 aromatic rings.